The maximum atomic E-state index is 11.0. The maximum Gasteiger partial charge on any atom is 0.472 e. The van der Waals surface area contributed by atoms with Crippen molar-refractivity contribution in [3.05, 3.63) is 0 Å². The number of nitrogens with one attached hydrogen (secondary N) is 1. The predicted octanol–water partition coefficient (Wildman–Crippen LogP) is -3.72. The van der Waals surface area contributed by atoms with E-state index in [1.807, 2.05) is 0 Å². The van der Waals surface area contributed by atoms with E-state index in [4.69, 9.17) is 19.6 Å². The average Bonchev–Trinajstić information content (AvgIpc) is 2.26. The molecule has 0 bridgehead atoms. The average molecular weight is 347 g/mol. The molecule has 1 saturated heterocycles. The summed E-state index contributed by atoms with van der Waals surface area (Å²) in [5.41, 5.74) is 0. The zero-order valence-corrected chi connectivity index (χ0v) is 16.8. The van der Waals surface area contributed by atoms with Crippen LogP contribution in [0.15, 0.2) is 0 Å². The standard InChI is InChI=1S/C8H16NO9P.2Na/c1-3(11)9-5-7(13)6(12)4(2-10)17-8(5)18-19(14,15)16;;/h4-8,10,12-13H,2H2,1H3,(H,9,11)(H2,14,15,16);;/t4-,5-,6-,7-,8-;;/m1../s1. The van der Waals surface area contributed by atoms with Gasteiger partial charge < -0.3 is 35.2 Å². The molecular weight excluding hydrogens is 331 g/mol. The fourth-order valence-corrected chi connectivity index (χ4v) is 2.15. The number of aliphatic hydroxyl groups excluding tert-OH is 3. The largest absolute Gasteiger partial charge is 0.472 e. The van der Waals surface area contributed by atoms with Crippen LogP contribution in [0.2, 0.25) is 0 Å². The molecule has 6 N–H and O–H groups in total. The van der Waals surface area contributed by atoms with Crippen molar-refractivity contribution in [3.63, 3.8) is 0 Å². The van der Waals surface area contributed by atoms with Crippen molar-refractivity contribution < 1.29 is 43.7 Å². The van der Waals surface area contributed by atoms with Gasteiger partial charge in [0, 0.05) is 66.0 Å². The van der Waals surface area contributed by atoms with Crippen LogP contribution in [0.25, 0.3) is 0 Å². The second kappa shape index (κ2) is 10.3. The van der Waals surface area contributed by atoms with Crippen LogP contribution in [-0.2, 0) is 18.6 Å². The first-order chi connectivity index (χ1) is 8.65. The van der Waals surface area contributed by atoms with E-state index in [0.29, 0.717) is 0 Å². The number of ether oxygens (including phenoxy) is 1. The van der Waals surface area contributed by atoms with Crippen molar-refractivity contribution in [1.82, 2.24) is 5.32 Å². The van der Waals surface area contributed by atoms with Crippen LogP contribution in [0.3, 0.4) is 0 Å². The van der Waals surface area contributed by atoms with E-state index in [0.717, 1.165) is 6.92 Å². The normalized spacial score (nSPS) is 32.6. The van der Waals surface area contributed by atoms with Gasteiger partial charge in [-0.1, -0.05) is 0 Å². The Morgan fingerprint density at radius 3 is 2.19 bits per heavy atom. The number of amides is 1. The molecular formula is C8H16NNa2O9P. The predicted molar refractivity (Wildman–Crippen MR) is 70.0 cm³/mol. The number of rotatable bonds is 4. The molecule has 0 aromatic heterocycles. The second-order valence-corrected chi connectivity index (χ2v) is 5.22. The molecule has 0 unspecified atom stereocenters. The van der Waals surface area contributed by atoms with E-state index in [2.05, 4.69) is 9.84 Å². The molecule has 0 saturated carbocycles. The van der Waals surface area contributed by atoms with E-state index in [9.17, 15) is 19.6 Å². The maximum absolute atomic E-state index is 11.0. The third-order valence-corrected chi connectivity index (χ3v) is 2.97. The zero-order valence-electron chi connectivity index (χ0n) is 11.9. The first-order valence-corrected chi connectivity index (χ1v) is 6.82. The van der Waals surface area contributed by atoms with Gasteiger partial charge in [0.2, 0.25) is 5.91 Å². The third-order valence-electron chi connectivity index (χ3n) is 2.49. The van der Waals surface area contributed by atoms with Crippen molar-refractivity contribution in [2.45, 2.75) is 37.6 Å². The van der Waals surface area contributed by atoms with Crippen LogP contribution in [0, 0.1) is 0 Å². The van der Waals surface area contributed by atoms with Gasteiger partial charge in [0.05, 0.1) is 6.61 Å². The van der Waals surface area contributed by atoms with Crippen LogP contribution in [0.4, 0.5) is 0 Å². The molecule has 5 atom stereocenters. The molecule has 1 aliphatic heterocycles. The van der Waals surface area contributed by atoms with Crippen LogP contribution in [0.5, 0.6) is 0 Å². The summed E-state index contributed by atoms with van der Waals surface area (Å²) in [4.78, 5) is 28.4. The van der Waals surface area contributed by atoms with Crippen molar-refractivity contribution in [1.29, 1.82) is 0 Å². The topological polar surface area (TPSA) is 166 Å². The van der Waals surface area contributed by atoms with Gasteiger partial charge in [-0.3, -0.25) is 9.32 Å². The molecule has 1 fully saturated rings. The summed E-state index contributed by atoms with van der Waals surface area (Å²) in [5, 5.41) is 30.5. The van der Waals surface area contributed by atoms with Crippen LogP contribution in [-0.4, -0.2) is 127 Å². The molecule has 114 valence electrons. The van der Waals surface area contributed by atoms with Gasteiger partial charge >= 0.3 is 7.82 Å². The Balaban J connectivity index is 0. The molecule has 1 heterocycles. The monoisotopic (exact) mass is 347 g/mol. The number of hydrogen-bond acceptors (Lipinski definition) is 7. The summed E-state index contributed by atoms with van der Waals surface area (Å²) in [6.07, 6.45) is -6.17. The van der Waals surface area contributed by atoms with Crippen LogP contribution < -0.4 is 5.32 Å². The summed E-state index contributed by atoms with van der Waals surface area (Å²) in [7, 11) is -4.95. The summed E-state index contributed by atoms with van der Waals surface area (Å²) in [6.45, 7) is 0.401. The Hall–Kier alpha value is 1.42. The van der Waals surface area contributed by atoms with Gasteiger partial charge in [0.25, 0.3) is 0 Å². The molecule has 0 aromatic rings. The Kier molecular flexibility index (Phi) is 12.1. The molecule has 0 aromatic carbocycles. The van der Waals surface area contributed by atoms with Crippen molar-refractivity contribution in [2.75, 3.05) is 6.61 Å². The number of aliphatic hydroxyl groups is 3. The number of phosphoric ester groups is 1. The fraction of sp³-hybridized carbons (Fsp3) is 0.875. The van der Waals surface area contributed by atoms with Gasteiger partial charge in [-0.15, -0.1) is 0 Å². The molecule has 13 heteroatoms. The number of hydrogen-bond donors (Lipinski definition) is 6. The number of carbonyl (C=O) groups excluding carboxylic acids is 1. The minimum absolute atomic E-state index is 0. The second-order valence-electron chi connectivity index (χ2n) is 4.03. The molecule has 1 rings (SSSR count). The Labute approximate surface area is 165 Å². The summed E-state index contributed by atoms with van der Waals surface area (Å²) < 4.78 is 20.0. The SMILES string of the molecule is CC(=O)N[C@H]1[C@@H](OP(=O)(O)O)O[C@H](CO)[C@@H](O)[C@@H]1O.[Na].[Na]. The van der Waals surface area contributed by atoms with E-state index in [-0.39, 0.29) is 59.1 Å². The van der Waals surface area contributed by atoms with E-state index in [1.54, 1.807) is 0 Å². The van der Waals surface area contributed by atoms with Gasteiger partial charge in [0.15, 0.2) is 6.29 Å². The van der Waals surface area contributed by atoms with Gasteiger partial charge in [0.1, 0.15) is 24.4 Å². The number of phosphoric acid groups is 1. The number of carbonyl (C=O) groups is 1. The quantitative estimate of drug-likeness (QED) is 0.221. The Morgan fingerprint density at radius 2 is 1.81 bits per heavy atom. The Bertz CT molecular complexity index is 381. The summed E-state index contributed by atoms with van der Waals surface area (Å²) in [6, 6.07) is -1.39. The molecule has 21 heavy (non-hydrogen) atoms. The van der Waals surface area contributed by atoms with Crippen LogP contribution in [0.1, 0.15) is 6.92 Å². The van der Waals surface area contributed by atoms with Gasteiger partial charge in [-0.05, 0) is 0 Å². The fourth-order valence-electron chi connectivity index (χ4n) is 1.70. The van der Waals surface area contributed by atoms with Crippen LogP contribution >= 0.6 is 7.82 Å². The zero-order chi connectivity index (χ0) is 14.8. The van der Waals surface area contributed by atoms with Gasteiger partial charge in [-0.25, -0.2) is 4.57 Å². The molecule has 1 aliphatic rings. The van der Waals surface area contributed by atoms with Crippen molar-refractivity contribution in [3.8, 4) is 0 Å². The first-order valence-electron chi connectivity index (χ1n) is 5.29. The summed E-state index contributed by atoms with van der Waals surface area (Å²) in [5.74, 6) is -0.624. The Morgan fingerprint density at radius 1 is 1.29 bits per heavy atom. The molecule has 10 nitrogen and oxygen atoms in total. The first kappa shape index (κ1) is 24.7. The minimum Gasteiger partial charge on any atom is -0.394 e. The van der Waals surface area contributed by atoms with Gasteiger partial charge in [-0.2, -0.15) is 0 Å². The van der Waals surface area contributed by atoms with Crippen molar-refractivity contribution >= 4 is 72.8 Å². The van der Waals surface area contributed by atoms with E-state index >= 15 is 0 Å². The third kappa shape index (κ3) is 7.69. The molecule has 1 amide bonds. The molecule has 0 aliphatic carbocycles. The van der Waals surface area contributed by atoms with Crippen molar-refractivity contribution in [2.24, 2.45) is 0 Å². The minimum atomic E-state index is -4.95. The summed E-state index contributed by atoms with van der Waals surface area (Å²) >= 11 is 0. The van der Waals surface area contributed by atoms with E-state index < -0.39 is 51.0 Å². The molecule has 0 spiro atoms. The van der Waals surface area contributed by atoms with E-state index in [1.165, 1.54) is 0 Å². The molecule has 2 radical (unpaired) electrons. The smallest absolute Gasteiger partial charge is 0.394 e.